The van der Waals surface area contributed by atoms with Gasteiger partial charge < -0.3 is 14.6 Å². The topological polar surface area (TPSA) is 26.2 Å². The summed E-state index contributed by atoms with van der Waals surface area (Å²) in [5, 5.41) is 3.63. The molecule has 16 heavy (non-hydrogen) atoms. The van der Waals surface area contributed by atoms with Crippen molar-refractivity contribution in [3.63, 3.8) is 0 Å². The molecule has 3 heteroatoms. The molecule has 1 N–H and O–H groups in total. The number of nitrogens with zero attached hydrogens (tertiary/aromatic N) is 1. The highest BCUT2D eigenvalue weighted by atomic mass is 16.5. The van der Waals surface area contributed by atoms with Gasteiger partial charge in [-0.15, -0.1) is 0 Å². The molecule has 0 unspecified atom stereocenters. The van der Waals surface area contributed by atoms with Gasteiger partial charge in [0.1, 0.15) is 0 Å². The summed E-state index contributed by atoms with van der Waals surface area (Å²) in [5.41, 5.74) is 4.13. The van der Waals surface area contributed by atoms with E-state index in [1.54, 1.807) is 0 Å². The number of nitrogens with one attached hydrogen (secondary N) is 1. The van der Waals surface area contributed by atoms with Crippen LogP contribution in [0.5, 0.6) is 0 Å². The van der Waals surface area contributed by atoms with E-state index in [-0.39, 0.29) is 0 Å². The van der Waals surface area contributed by atoms with Crippen molar-refractivity contribution in [3.8, 4) is 0 Å². The van der Waals surface area contributed by atoms with Crippen LogP contribution in [0.15, 0.2) is 6.07 Å². The van der Waals surface area contributed by atoms with Gasteiger partial charge in [-0.05, 0) is 38.3 Å². The zero-order valence-corrected chi connectivity index (χ0v) is 10.5. The van der Waals surface area contributed by atoms with Crippen molar-refractivity contribution in [2.75, 3.05) is 13.2 Å². The average molecular weight is 222 g/mol. The number of ether oxygens (including phenoxy) is 1. The summed E-state index contributed by atoms with van der Waals surface area (Å²) in [7, 11) is 2.13. The van der Waals surface area contributed by atoms with Crippen LogP contribution in [0.25, 0.3) is 0 Å². The third-order valence-electron chi connectivity index (χ3n) is 3.68. The SMILES string of the molecule is Cc1cc(CNC2CCOCC2)c(C)n1C. The Balaban J connectivity index is 1.91. The van der Waals surface area contributed by atoms with Gasteiger partial charge >= 0.3 is 0 Å². The average Bonchev–Trinajstić information content (AvgIpc) is 2.56. The number of hydrogen-bond donors (Lipinski definition) is 1. The number of aryl methyl sites for hydroxylation is 1. The van der Waals surface area contributed by atoms with Gasteiger partial charge in [0.15, 0.2) is 0 Å². The van der Waals surface area contributed by atoms with Crippen molar-refractivity contribution in [3.05, 3.63) is 23.0 Å². The van der Waals surface area contributed by atoms with Gasteiger partial charge in [-0.3, -0.25) is 0 Å². The molecule has 90 valence electrons. The van der Waals surface area contributed by atoms with Crippen LogP contribution in [0.2, 0.25) is 0 Å². The molecule has 1 aliphatic heterocycles. The second kappa shape index (κ2) is 5.02. The molecule has 1 saturated heterocycles. The monoisotopic (exact) mass is 222 g/mol. The summed E-state index contributed by atoms with van der Waals surface area (Å²) in [4.78, 5) is 0. The standard InChI is InChI=1S/C13H22N2O/c1-10-8-12(11(2)15(10)3)9-14-13-4-6-16-7-5-13/h8,13-14H,4-7,9H2,1-3H3. The van der Waals surface area contributed by atoms with Crippen LogP contribution < -0.4 is 5.32 Å². The lowest BCUT2D eigenvalue weighted by Gasteiger charge is -2.23. The fourth-order valence-corrected chi connectivity index (χ4v) is 2.27. The Hall–Kier alpha value is -0.800. The first-order chi connectivity index (χ1) is 7.68. The highest BCUT2D eigenvalue weighted by molar-refractivity contribution is 5.26. The van der Waals surface area contributed by atoms with Crippen molar-refractivity contribution in [1.82, 2.24) is 9.88 Å². The Bertz CT molecular complexity index is 351. The van der Waals surface area contributed by atoms with Crippen molar-refractivity contribution < 1.29 is 4.74 Å². The number of aromatic nitrogens is 1. The summed E-state index contributed by atoms with van der Waals surface area (Å²) in [6, 6.07) is 2.91. The lowest BCUT2D eigenvalue weighted by atomic mass is 10.1. The molecule has 1 aromatic rings. The maximum Gasteiger partial charge on any atom is 0.0480 e. The van der Waals surface area contributed by atoms with Crippen LogP contribution in [0.4, 0.5) is 0 Å². The van der Waals surface area contributed by atoms with Gasteiger partial charge in [-0.25, -0.2) is 0 Å². The molecule has 0 aromatic carbocycles. The summed E-state index contributed by atoms with van der Waals surface area (Å²) >= 11 is 0. The smallest absolute Gasteiger partial charge is 0.0480 e. The van der Waals surface area contributed by atoms with Crippen LogP contribution in [-0.4, -0.2) is 23.8 Å². The summed E-state index contributed by atoms with van der Waals surface area (Å²) in [5.74, 6) is 0. The van der Waals surface area contributed by atoms with E-state index in [4.69, 9.17) is 4.74 Å². The van der Waals surface area contributed by atoms with E-state index >= 15 is 0 Å². The van der Waals surface area contributed by atoms with Crippen LogP contribution >= 0.6 is 0 Å². The van der Waals surface area contributed by atoms with Crippen LogP contribution in [-0.2, 0) is 18.3 Å². The van der Waals surface area contributed by atoms with E-state index in [0.717, 1.165) is 32.6 Å². The summed E-state index contributed by atoms with van der Waals surface area (Å²) in [6.45, 7) is 7.14. The van der Waals surface area contributed by atoms with E-state index in [9.17, 15) is 0 Å². The largest absolute Gasteiger partial charge is 0.381 e. The van der Waals surface area contributed by atoms with Crippen molar-refractivity contribution >= 4 is 0 Å². The molecule has 0 saturated carbocycles. The first-order valence-corrected chi connectivity index (χ1v) is 6.11. The second-order valence-corrected chi connectivity index (χ2v) is 4.72. The quantitative estimate of drug-likeness (QED) is 0.845. The Labute approximate surface area is 97.8 Å². The molecule has 1 aromatic heterocycles. The first-order valence-electron chi connectivity index (χ1n) is 6.11. The zero-order chi connectivity index (χ0) is 11.5. The third-order valence-corrected chi connectivity index (χ3v) is 3.68. The van der Waals surface area contributed by atoms with Gasteiger partial charge in [0, 0.05) is 44.2 Å². The Morgan fingerprint density at radius 3 is 2.62 bits per heavy atom. The number of hydrogen-bond acceptors (Lipinski definition) is 2. The minimum absolute atomic E-state index is 0.633. The molecule has 2 rings (SSSR count). The van der Waals surface area contributed by atoms with E-state index < -0.39 is 0 Å². The molecule has 2 heterocycles. The van der Waals surface area contributed by atoms with E-state index in [0.29, 0.717) is 6.04 Å². The fourth-order valence-electron chi connectivity index (χ4n) is 2.27. The maximum atomic E-state index is 5.35. The molecular formula is C13H22N2O. The normalized spacial score (nSPS) is 17.9. The van der Waals surface area contributed by atoms with Gasteiger partial charge in [0.25, 0.3) is 0 Å². The molecule has 0 amide bonds. The van der Waals surface area contributed by atoms with Crippen LogP contribution in [0, 0.1) is 13.8 Å². The molecule has 0 radical (unpaired) electrons. The van der Waals surface area contributed by atoms with Gasteiger partial charge in [0.2, 0.25) is 0 Å². The first kappa shape index (κ1) is 11.7. The Kier molecular flexibility index (Phi) is 3.66. The van der Waals surface area contributed by atoms with Crippen LogP contribution in [0.1, 0.15) is 29.8 Å². The molecule has 0 aliphatic carbocycles. The van der Waals surface area contributed by atoms with Crippen LogP contribution in [0.3, 0.4) is 0 Å². The lowest BCUT2D eigenvalue weighted by Crippen LogP contribution is -2.34. The minimum atomic E-state index is 0.633. The molecule has 0 spiro atoms. The van der Waals surface area contributed by atoms with Gasteiger partial charge in [0.05, 0.1) is 0 Å². The summed E-state index contributed by atoms with van der Waals surface area (Å²) in [6.07, 6.45) is 2.29. The predicted molar refractivity (Wildman–Crippen MR) is 65.6 cm³/mol. The van der Waals surface area contributed by atoms with Crippen molar-refractivity contribution in [1.29, 1.82) is 0 Å². The maximum absolute atomic E-state index is 5.35. The fraction of sp³-hybridized carbons (Fsp3) is 0.692. The second-order valence-electron chi connectivity index (χ2n) is 4.72. The van der Waals surface area contributed by atoms with Gasteiger partial charge in [-0.1, -0.05) is 0 Å². The Morgan fingerprint density at radius 2 is 2.06 bits per heavy atom. The van der Waals surface area contributed by atoms with Crippen molar-refractivity contribution in [2.45, 2.75) is 39.3 Å². The molecular weight excluding hydrogens is 200 g/mol. The van der Waals surface area contributed by atoms with E-state index in [1.807, 2.05) is 0 Å². The van der Waals surface area contributed by atoms with Gasteiger partial charge in [-0.2, -0.15) is 0 Å². The highest BCUT2D eigenvalue weighted by Crippen LogP contribution is 2.14. The molecule has 1 aliphatic rings. The zero-order valence-electron chi connectivity index (χ0n) is 10.5. The van der Waals surface area contributed by atoms with Crippen molar-refractivity contribution in [2.24, 2.45) is 7.05 Å². The molecule has 1 fully saturated rings. The summed E-state index contributed by atoms with van der Waals surface area (Å²) < 4.78 is 7.61. The van der Waals surface area contributed by atoms with E-state index in [1.165, 1.54) is 17.0 Å². The molecule has 3 nitrogen and oxygen atoms in total. The number of rotatable bonds is 3. The minimum Gasteiger partial charge on any atom is -0.381 e. The highest BCUT2D eigenvalue weighted by Gasteiger charge is 2.14. The third kappa shape index (κ3) is 2.47. The molecule has 0 atom stereocenters. The Morgan fingerprint density at radius 1 is 1.38 bits per heavy atom. The van der Waals surface area contributed by atoms with E-state index in [2.05, 4.69) is 36.8 Å². The lowest BCUT2D eigenvalue weighted by molar-refractivity contribution is 0.0776. The predicted octanol–water partition coefficient (Wildman–Crippen LogP) is 1.91. The molecule has 0 bridgehead atoms.